The number of esters is 3. The average Bonchev–Trinajstić information content (AvgIpc) is 1.34. The first-order valence-electron chi connectivity index (χ1n) is 32.0. The number of ketones is 2. The van der Waals surface area contributed by atoms with Crippen LogP contribution in [0, 0.1) is 46.1 Å². The van der Waals surface area contributed by atoms with Gasteiger partial charge < -0.3 is 72.1 Å². The number of carboxylic acid groups (broad SMARTS) is 1. The van der Waals surface area contributed by atoms with Crippen molar-refractivity contribution < 1.29 is 90.5 Å². The highest BCUT2D eigenvalue weighted by molar-refractivity contribution is 6.01. The number of carboxylic acids is 1. The molecule has 502 valence electrons. The van der Waals surface area contributed by atoms with E-state index in [2.05, 4.69) is 13.8 Å². The van der Waals surface area contributed by atoms with Gasteiger partial charge in [-0.2, -0.15) is 0 Å². The highest BCUT2D eigenvalue weighted by Gasteiger charge is 2.62. The highest BCUT2D eigenvalue weighted by atomic mass is 19.1. The molecule has 6 aliphatic carbocycles. The molecule has 9 atom stereocenters. The van der Waals surface area contributed by atoms with Gasteiger partial charge in [-0.15, -0.1) is 0 Å². The van der Waals surface area contributed by atoms with Gasteiger partial charge in [0.15, 0.2) is 34.7 Å². The summed E-state index contributed by atoms with van der Waals surface area (Å²) in [5.41, 5.74) is -2.06. The van der Waals surface area contributed by atoms with E-state index in [1.165, 1.54) is 36.4 Å². The van der Waals surface area contributed by atoms with Crippen molar-refractivity contribution in [1.82, 2.24) is 18.9 Å². The summed E-state index contributed by atoms with van der Waals surface area (Å²) in [6, 6.07) is 0.493. The summed E-state index contributed by atoms with van der Waals surface area (Å²) in [5, 5.41) is 21.1. The third-order valence-corrected chi connectivity index (χ3v) is 21.1. The Morgan fingerprint density at radius 2 is 1.18 bits per heavy atom. The molecule has 0 bridgehead atoms. The molecule has 4 aromatic rings. The number of piperazine rings is 2. The number of pyridine rings is 2. The molecule has 0 radical (unpaired) electrons. The lowest BCUT2D eigenvalue weighted by Crippen LogP contribution is -2.56. The van der Waals surface area contributed by atoms with E-state index < -0.39 is 138 Å². The summed E-state index contributed by atoms with van der Waals surface area (Å²) < 4.78 is 73.9. The van der Waals surface area contributed by atoms with Gasteiger partial charge in [0.2, 0.25) is 24.4 Å². The van der Waals surface area contributed by atoms with E-state index in [-0.39, 0.29) is 125 Å². The number of aliphatic hydroxyl groups excluding tert-OH is 1. The lowest BCUT2D eigenvalue weighted by molar-refractivity contribution is -0.158. The number of benzene rings is 2. The van der Waals surface area contributed by atoms with E-state index in [1.54, 1.807) is 44.9 Å². The van der Waals surface area contributed by atoms with Crippen LogP contribution in [0.3, 0.4) is 0 Å². The van der Waals surface area contributed by atoms with Crippen molar-refractivity contribution in [1.29, 1.82) is 0 Å². The van der Waals surface area contributed by atoms with E-state index in [0.717, 1.165) is 49.8 Å². The van der Waals surface area contributed by atoms with Gasteiger partial charge in [0.05, 0.1) is 55.0 Å². The molecule has 5 saturated carbocycles. The fourth-order valence-electron chi connectivity index (χ4n) is 16.3. The Bertz CT molecular complexity index is 4030. The van der Waals surface area contributed by atoms with Gasteiger partial charge in [0, 0.05) is 93.1 Å². The van der Waals surface area contributed by atoms with Crippen LogP contribution in [0.5, 0.6) is 11.5 Å². The Morgan fingerprint density at radius 1 is 0.660 bits per heavy atom. The molecular weight excluding hydrogens is 1230 g/mol. The van der Waals surface area contributed by atoms with E-state index >= 15 is 8.78 Å². The van der Waals surface area contributed by atoms with Gasteiger partial charge in [-0.1, -0.05) is 25.5 Å². The molecule has 2 N–H and O–H groups in total. The molecule has 2 aromatic heterocycles. The van der Waals surface area contributed by atoms with Crippen LogP contribution in [0.2, 0.25) is 0 Å². The number of aromatic nitrogens is 2. The number of Topliss-reactive ketones (excluding diaryl/α,β-unsaturated/α-hetero) is 1. The number of hydrogen-bond donors (Lipinski definition) is 2. The predicted octanol–water partition coefficient (Wildman–Crippen LogP) is 7.38. The number of carbonyl (C=O) groups excluding carboxylic acids is 7. The topological polar surface area (TPSA) is 299 Å². The number of anilines is 2. The van der Waals surface area contributed by atoms with Gasteiger partial charge in [-0.05, 0) is 113 Å². The number of hydrogen-bond acceptors (Lipinski definition) is 20. The van der Waals surface area contributed by atoms with Crippen molar-refractivity contribution >= 4 is 80.8 Å². The van der Waals surface area contributed by atoms with Gasteiger partial charge in [-0.25, -0.2) is 28.0 Å². The fourth-order valence-corrected chi connectivity index (χ4v) is 16.3. The summed E-state index contributed by atoms with van der Waals surface area (Å²) in [6.45, 7) is 5.68. The van der Waals surface area contributed by atoms with Gasteiger partial charge in [0.1, 0.15) is 29.1 Å². The molecule has 2 aromatic carbocycles. The van der Waals surface area contributed by atoms with E-state index in [1.807, 2.05) is 6.08 Å². The number of amides is 2. The molecule has 2 amide bonds. The Morgan fingerprint density at radius 3 is 1.70 bits per heavy atom. The van der Waals surface area contributed by atoms with Crippen molar-refractivity contribution in [2.45, 2.75) is 129 Å². The van der Waals surface area contributed by atoms with Crippen LogP contribution in [0.25, 0.3) is 21.8 Å². The third kappa shape index (κ3) is 11.8. The number of ether oxygens (including phenoxy) is 7. The standard InChI is InChI=1S/C67H76F2N6O19/c1-34-27-71(19-21-72(34)64(86)93-32-91-52(80)16-15-51(79)90-31-50(78)46-14-13-45-40-12-7-36-23-39(76)17-18-66(36,3)53(40)49(77)26-67(45,46)4)57-48(69)25-42-55(61(57)89-6)75(38-10-11-38)30-44(59(42)82)63(85)92-33-94-65(87)73-22-20-70(28-35(73)2)56-47(68)24-41-54(60(56)88-5)74(37-8-9-37)29-43(58(41)81)62(83)84/h17-18,23-25,29-30,34-35,37-38,40,45-46,49,53,77H,7-16,19-22,26-28,31-33H2,1-6H3,(H,83,84)/t34?,35?,40?,45?,46-,49+,53?,66+,67+/m1/s1. The van der Waals surface area contributed by atoms with Gasteiger partial charge >= 0.3 is 36.1 Å². The minimum atomic E-state index is -1.44. The Hall–Kier alpha value is -8.88. The second kappa shape index (κ2) is 25.4. The molecule has 94 heavy (non-hydrogen) atoms. The number of aliphatic hydroxyl groups is 1. The summed E-state index contributed by atoms with van der Waals surface area (Å²) >= 11 is 0. The fraction of sp³-hybridized carbons (Fsp3) is 0.552. The number of fused-ring (bicyclic) bond motifs is 7. The molecule has 2 saturated heterocycles. The number of methoxy groups -OCH3 is 2. The first-order chi connectivity index (χ1) is 44.9. The summed E-state index contributed by atoms with van der Waals surface area (Å²) in [5.74, 6) is -6.33. The van der Waals surface area contributed by atoms with Crippen molar-refractivity contribution in [3.8, 4) is 11.5 Å². The van der Waals surface area contributed by atoms with Crippen LogP contribution in [-0.4, -0.2) is 169 Å². The second-order valence-corrected chi connectivity index (χ2v) is 26.6. The van der Waals surface area contributed by atoms with Crippen LogP contribution < -0.4 is 30.1 Å². The average molecular weight is 1310 g/mol. The zero-order valence-corrected chi connectivity index (χ0v) is 53.2. The Kier molecular flexibility index (Phi) is 17.6. The number of allylic oxidation sites excluding steroid dienone is 4. The Balaban J connectivity index is 0.609. The molecule has 4 heterocycles. The molecule has 27 heteroatoms. The zero-order valence-electron chi connectivity index (χ0n) is 53.2. The summed E-state index contributed by atoms with van der Waals surface area (Å²) in [7, 11) is 2.64. The van der Waals surface area contributed by atoms with Crippen LogP contribution in [0.15, 0.2) is 57.9 Å². The van der Waals surface area contributed by atoms with Crippen molar-refractivity contribution in [3.05, 3.63) is 91.5 Å². The van der Waals surface area contributed by atoms with Crippen LogP contribution in [-0.2, 0) is 42.9 Å². The SMILES string of the molecule is COc1c(N2CCN(C(=O)OCOC(=O)c3cn(C4CC4)c4c(OC)c(N5CCN(C(=O)OCOC(=O)CCC(=O)OCC(=O)[C@H]6CCC7C8CCC9=CC(=O)C=C[C@]9(C)C8[C@@H](O)C[C@@]76C)C(C)C5)c(F)cc4c3=O)C(C)C2)c(F)cc2c(=O)c(C(=O)O)cn(C3CC3)c12. The maximum absolute atomic E-state index is 16.6. The lowest BCUT2D eigenvalue weighted by Gasteiger charge is -2.58. The monoisotopic (exact) mass is 1310 g/mol. The zero-order chi connectivity index (χ0) is 67.0. The maximum Gasteiger partial charge on any atom is 0.413 e. The van der Waals surface area contributed by atoms with Crippen LogP contribution >= 0.6 is 0 Å². The maximum atomic E-state index is 16.6. The number of halogens is 2. The smallest absolute Gasteiger partial charge is 0.413 e. The second-order valence-electron chi connectivity index (χ2n) is 26.6. The normalized spacial score (nSPS) is 26.4. The first-order valence-corrected chi connectivity index (χ1v) is 32.0. The molecule has 8 aliphatic rings. The van der Waals surface area contributed by atoms with Gasteiger partial charge in [0.25, 0.3) is 0 Å². The molecule has 5 unspecified atom stereocenters. The van der Waals surface area contributed by atoms with Gasteiger partial charge in [-0.3, -0.25) is 28.8 Å². The quantitative estimate of drug-likeness (QED) is 0.0558. The molecule has 2 aliphatic heterocycles. The predicted molar refractivity (Wildman–Crippen MR) is 331 cm³/mol. The van der Waals surface area contributed by atoms with E-state index in [4.69, 9.17) is 33.2 Å². The minimum Gasteiger partial charge on any atom is -0.492 e. The summed E-state index contributed by atoms with van der Waals surface area (Å²) in [6.07, 6.45) is 10.7. The largest absolute Gasteiger partial charge is 0.492 e. The molecule has 12 rings (SSSR count). The number of rotatable bonds is 18. The highest BCUT2D eigenvalue weighted by Crippen LogP contribution is 2.66. The van der Waals surface area contributed by atoms with Crippen molar-refractivity contribution in [2.75, 3.05) is 83.5 Å². The molecule has 7 fully saturated rings. The van der Waals surface area contributed by atoms with Crippen molar-refractivity contribution in [3.63, 3.8) is 0 Å². The Labute approximate surface area is 538 Å². The third-order valence-electron chi connectivity index (χ3n) is 21.1. The minimum absolute atomic E-state index is 0.00177. The molecule has 25 nitrogen and oxygen atoms in total. The number of carbonyl (C=O) groups is 8. The lowest BCUT2D eigenvalue weighted by atomic mass is 9.46. The van der Waals surface area contributed by atoms with Crippen LogP contribution in [0.4, 0.5) is 29.7 Å². The first kappa shape index (κ1) is 65.2. The number of aromatic carboxylic acids is 1. The van der Waals surface area contributed by atoms with Crippen molar-refractivity contribution in [2.24, 2.45) is 34.5 Å². The van der Waals surface area contributed by atoms with E-state index in [0.29, 0.717) is 25.7 Å². The van der Waals surface area contributed by atoms with Crippen LogP contribution in [0.1, 0.15) is 131 Å². The molecular formula is C67H76F2N6O19. The van der Waals surface area contributed by atoms with E-state index in [9.17, 15) is 58.2 Å². The molecule has 0 spiro atoms. The number of nitrogens with zero attached hydrogens (tertiary/aromatic N) is 6. The summed E-state index contributed by atoms with van der Waals surface area (Å²) in [4.78, 5) is 137.